The first-order valence-electron chi connectivity index (χ1n) is 6.38. The van der Waals surface area contributed by atoms with Crippen molar-refractivity contribution in [2.45, 2.75) is 26.8 Å². The van der Waals surface area contributed by atoms with Crippen LogP contribution in [0.2, 0.25) is 5.02 Å². The van der Waals surface area contributed by atoms with Gasteiger partial charge in [-0.2, -0.15) is 5.10 Å². The Balaban J connectivity index is 2.58. The van der Waals surface area contributed by atoms with Crippen molar-refractivity contribution in [3.05, 3.63) is 46.2 Å². The molecule has 1 aromatic heterocycles. The minimum atomic E-state index is -0.179. The zero-order valence-electron chi connectivity index (χ0n) is 12.0. The predicted molar refractivity (Wildman–Crippen MR) is 78.8 cm³/mol. The minimum absolute atomic E-state index is 0.0569. The molecule has 0 saturated carbocycles. The van der Waals surface area contributed by atoms with E-state index in [-0.39, 0.29) is 11.8 Å². The van der Waals surface area contributed by atoms with Crippen LogP contribution in [0.5, 0.6) is 5.75 Å². The summed E-state index contributed by atoms with van der Waals surface area (Å²) in [5.41, 5.74) is 1.76. The van der Waals surface area contributed by atoms with Gasteiger partial charge in [0.05, 0.1) is 18.3 Å². The molecule has 1 aromatic carbocycles. The molecule has 0 aliphatic heterocycles. The number of nitrogens with zero attached hydrogens (tertiary/aromatic N) is 2. The summed E-state index contributed by atoms with van der Waals surface area (Å²) in [4.78, 5) is 12.8. The molecule has 2 aromatic rings. The Bertz CT molecular complexity index is 647. The van der Waals surface area contributed by atoms with Crippen molar-refractivity contribution in [3.63, 3.8) is 0 Å². The third-order valence-electron chi connectivity index (χ3n) is 3.12. The maximum Gasteiger partial charge on any atom is 0.216 e. The van der Waals surface area contributed by atoms with E-state index in [9.17, 15) is 4.79 Å². The van der Waals surface area contributed by atoms with Crippen LogP contribution in [0.4, 0.5) is 0 Å². The largest absolute Gasteiger partial charge is 0.493 e. The number of aromatic nitrogens is 2. The summed E-state index contributed by atoms with van der Waals surface area (Å²) in [6.07, 6.45) is 1.55. The Hall–Kier alpha value is -1.81. The Morgan fingerprint density at radius 3 is 2.70 bits per heavy atom. The summed E-state index contributed by atoms with van der Waals surface area (Å²) in [7, 11) is 1.52. The van der Waals surface area contributed by atoms with Crippen LogP contribution in [-0.4, -0.2) is 22.7 Å². The molecule has 0 spiro atoms. The maximum absolute atomic E-state index is 12.8. The van der Waals surface area contributed by atoms with Crippen molar-refractivity contribution in [2.75, 3.05) is 7.11 Å². The highest BCUT2D eigenvalue weighted by Crippen LogP contribution is 2.28. The molecular formula is C15H17ClN2O2. The maximum atomic E-state index is 12.8. The van der Waals surface area contributed by atoms with Crippen molar-refractivity contribution in [1.29, 1.82) is 0 Å². The van der Waals surface area contributed by atoms with E-state index in [0.29, 0.717) is 22.0 Å². The highest BCUT2D eigenvalue weighted by molar-refractivity contribution is 6.35. The van der Waals surface area contributed by atoms with Crippen LogP contribution in [0.25, 0.3) is 0 Å². The molecule has 0 radical (unpaired) electrons. The molecule has 0 aliphatic carbocycles. The van der Waals surface area contributed by atoms with Gasteiger partial charge in [-0.05, 0) is 32.4 Å². The number of hydrogen-bond donors (Lipinski definition) is 0. The number of benzene rings is 1. The van der Waals surface area contributed by atoms with Crippen LogP contribution in [0.3, 0.4) is 0 Å². The number of carbonyl (C=O) groups excluding carboxylic acids is 1. The summed E-state index contributed by atoms with van der Waals surface area (Å²) in [5.74, 6) is 0.281. The van der Waals surface area contributed by atoms with Crippen LogP contribution in [0.1, 0.15) is 41.5 Å². The van der Waals surface area contributed by atoms with Crippen molar-refractivity contribution >= 4 is 17.4 Å². The molecule has 0 atom stereocenters. The van der Waals surface area contributed by atoms with Gasteiger partial charge in [-0.3, -0.25) is 9.48 Å². The number of halogens is 1. The normalized spacial score (nSPS) is 10.9. The van der Waals surface area contributed by atoms with Crippen molar-refractivity contribution in [3.8, 4) is 5.75 Å². The van der Waals surface area contributed by atoms with Crippen molar-refractivity contribution in [1.82, 2.24) is 9.78 Å². The van der Waals surface area contributed by atoms with E-state index in [0.717, 1.165) is 5.56 Å². The Labute approximate surface area is 123 Å². The van der Waals surface area contributed by atoms with E-state index < -0.39 is 0 Å². The van der Waals surface area contributed by atoms with Gasteiger partial charge in [-0.1, -0.05) is 23.7 Å². The fourth-order valence-corrected chi connectivity index (χ4v) is 2.27. The molecule has 0 bridgehead atoms. The number of ketones is 1. The lowest BCUT2D eigenvalue weighted by atomic mass is 10.0. The lowest BCUT2D eigenvalue weighted by Crippen LogP contribution is -2.15. The number of methoxy groups -OCH3 is 1. The molecule has 0 N–H and O–H groups in total. The topological polar surface area (TPSA) is 44.1 Å². The molecule has 0 unspecified atom stereocenters. The Morgan fingerprint density at radius 2 is 2.10 bits per heavy atom. The fourth-order valence-electron chi connectivity index (χ4n) is 2.05. The predicted octanol–water partition coefficient (Wildman–Crippen LogP) is 3.67. The van der Waals surface area contributed by atoms with Gasteiger partial charge in [0.1, 0.15) is 0 Å². The second-order valence-electron chi connectivity index (χ2n) is 4.87. The standard InChI is InChI=1S/C15H17ClN2O2/c1-9(2)18-14(12(20-4)8-17-18)15(19)11-7-5-6-10(3)13(11)16/h5-9H,1-4H3. The summed E-state index contributed by atoms with van der Waals surface area (Å²) in [5, 5.41) is 4.68. The Morgan fingerprint density at radius 1 is 1.40 bits per heavy atom. The van der Waals surface area contributed by atoms with Gasteiger partial charge in [0, 0.05) is 11.6 Å². The van der Waals surface area contributed by atoms with E-state index in [4.69, 9.17) is 16.3 Å². The number of aryl methyl sites for hydroxylation is 1. The van der Waals surface area contributed by atoms with Crippen LogP contribution in [-0.2, 0) is 0 Å². The molecule has 0 fully saturated rings. The summed E-state index contributed by atoms with van der Waals surface area (Å²) < 4.78 is 6.89. The van der Waals surface area contributed by atoms with Crippen LogP contribution in [0.15, 0.2) is 24.4 Å². The van der Waals surface area contributed by atoms with Crippen LogP contribution >= 0.6 is 11.6 Å². The molecule has 106 valence electrons. The second kappa shape index (κ2) is 5.67. The first kappa shape index (κ1) is 14.6. The van der Waals surface area contributed by atoms with E-state index in [1.165, 1.54) is 7.11 Å². The van der Waals surface area contributed by atoms with E-state index in [1.54, 1.807) is 16.9 Å². The SMILES string of the molecule is COc1cnn(C(C)C)c1C(=O)c1cccc(C)c1Cl. The van der Waals surface area contributed by atoms with E-state index in [2.05, 4.69) is 5.10 Å². The van der Waals surface area contributed by atoms with E-state index in [1.807, 2.05) is 32.9 Å². The quantitative estimate of drug-likeness (QED) is 0.808. The summed E-state index contributed by atoms with van der Waals surface area (Å²) in [6, 6.07) is 5.46. The number of hydrogen-bond acceptors (Lipinski definition) is 3. The Kier molecular flexibility index (Phi) is 4.14. The summed E-state index contributed by atoms with van der Waals surface area (Å²) >= 11 is 6.24. The summed E-state index contributed by atoms with van der Waals surface area (Å²) in [6.45, 7) is 5.79. The van der Waals surface area contributed by atoms with Crippen molar-refractivity contribution < 1.29 is 9.53 Å². The van der Waals surface area contributed by atoms with Gasteiger partial charge in [-0.15, -0.1) is 0 Å². The number of ether oxygens (including phenoxy) is 1. The second-order valence-corrected chi connectivity index (χ2v) is 5.24. The van der Waals surface area contributed by atoms with Gasteiger partial charge in [-0.25, -0.2) is 0 Å². The zero-order chi connectivity index (χ0) is 14.9. The lowest BCUT2D eigenvalue weighted by molar-refractivity contribution is 0.102. The fraction of sp³-hybridized carbons (Fsp3) is 0.333. The third kappa shape index (κ3) is 2.43. The average Bonchev–Trinajstić information content (AvgIpc) is 2.85. The molecule has 1 heterocycles. The van der Waals surface area contributed by atoms with Gasteiger partial charge < -0.3 is 4.74 Å². The highest BCUT2D eigenvalue weighted by atomic mass is 35.5. The first-order valence-corrected chi connectivity index (χ1v) is 6.76. The van der Waals surface area contributed by atoms with Crippen LogP contribution < -0.4 is 4.74 Å². The molecule has 0 aliphatic rings. The van der Waals surface area contributed by atoms with Gasteiger partial charge in [0.25, 0.3) is 0 Å². The highest BCUT2D eigenvalue weighted by Gasteiger charge is 2.24. The molecule has 0 saturated heterocycles. The average molecular weight is 293 g/mol. The van der Waals surface area contributed by atoms with Gasteiger partial charge in [0.2, 0.25) is 5.78 Å². The molecular weight excluding hydrogens is 276 g/mol. The monoisotopic (exact) mass is 292 g/mol. The number of carbonyl (C=O) groups is 1. The van der Waals surface area contributed by atoms with Crippen LogP contribution in [0, 0.1) is 6.92 Å². The molecule has 5 heteroatoms. The lowest BCUT2D eigenvalue weighted by Gasteiger charge is -2.12. The van der Waals surface area contributed by atoms with Crippen molar-refractivity contribution in [2.24, 2.45) is 0 Å². The third-order valence-corrected chi connectivity index (χ3v) is 3.62. The zero-order valence-corrected chi connectivity index (χ0v) is 12.7. The molecule has 4 nitrogen and oxygen atoms in total. The van der Waals surface area contributed by atoms with Gasteiger partial charge in [0.15, 0.2) is 11.4 Å². The molecule has 2 rings (SSSR count). The smallest absolute Gasteiger partial charge is 0.216 e. The minimum Gasteiger partial charge on any atom is -0.493 e. The molecule has 20 heavy (non-hydrogen) atoms. The van der Waals surface area contributed by atoms with Gasteiger partial charge >= 0.3 is 0 Å². The molecule has 0 amide bonds. The van der Waals surface area contributed by atoms with E-state index >= 15 is 0 Å². The number of rotatable bonds is 4. The first-order chi connectivity index (χ1) is 9.47.